The molecule has 3 aromatic rings. The molecular formula is C31H34N4O7. The fraction of sp³-hybridized carbons (Fsp3) is 0.419. The molecule has 0 aliphatic carbocycles. The maximum atomic E-state index is 13.7. The van der Waals surface area contributed by atoms with E-state index in [9.17, 15) is 19.2 Å². The van der Waals surface area contributed by atoms with E-state index in [2.05, 4.69) is 5.32 Å². The molecule has 220 valence electrons. The Morgan fingerprint density at radius 1 is 0.929 bits per heavy atom. The van der Waals surface area contributed by atoms with Gasteiger partial charge >= 0.3 is 6.09 Å². The minimum Gasteiger partial charge on any atom is -0.492 e. The number of aryl methyl sites for hydroxylation is 1. The summed E-state index contributed by atoms with van der Waals surface area (Å²) in [4.78, 5) is 56.9. The van der Waals surface area contributed by atoms with Crippen molar-refractivity contribution in [1.29, 1.82) is 0 Å². The van der Waals surface area contributed by atoms with Crippen molar-refractivity contribution in [3.05, 3.63) is 65.4 Å². The number of ether oxygens (including phenoxy) is 2. The van der Waals surface area contributed by atoms with E-state index in [4.69, 9.17) is 13.9 Å². The van der Waals surface area contributed by atoms with Gasteiger partial charge in [0.05, 0.1) is 24.6 Å². The van der Waals surface area contributed by atoms with Gasteiger partial charge in [-0.25, -0.2) is 4.79 Å². The molecule has 0 unspecified atom stereocenters. The molecule has 4 amide bonds. The first-order valence-corrected chi connectivity index (χ1v) is 14.4. The Balaban J connectivity index is 1.20. The number of rotatable bonds is 3. The smallest absolute Gasteiger partial charge is 0.410 e. The first kappa shape index (κ1) is 27.6. The maximum Gasteiger partial charge on any atom is 0.410 e. The van der Waals surface area contributed by atoms with E-state index in [1.807, 2.05) is 49.4 Å². The van der Waals surface area contributed by atoms with Gasteiger partial charge in [0.2, 0.25) is 11.8 Å². The molecule has 0 radical (unpaired) electrons. The highest BCUT2D eigenvalue weighted by Gasteiger charge is 2.41. The van der Waals surface area contributed by atoms with Crippen LogP contribution in [0.1, 0.15) is 34.0 Å². The van der Waals surface area contributed by atoms with Gasteiger partial charge in [-0.05, 0) is 43.2 Å². The van der Waals surface area contributed by atoms with E-state index in [1.165, 1.54) is 4.90 Å². The van der Waals surface area contributed by atoms with E-state index >= 15 is 0 Å². The number of benzene rings is 2. The van der Waals surface area contributed by atoms with Crippen LogP contribution >= 0.6 is 0 Å². The third-order valence-corrected chi connectivity index (χ3v) is 8.19. The Morgan fingerprint density at radius 3 is 2.57 bits per heavy atom. The quantitative estimate of drug-likeness (QED) is 0.511. The number of carbonyl (C=O) groups excluding carboxylic acids is 4. The summed E-state index contributed by atoms with van der Waals surface area (Å²) in [5.74, 6) is 0.186. The van der Waals surface area contributed by atoms with Crippen molar-refractivity contribution >= 4 is 34.8 Å². The average Bonchev–Trinajstić information content (AvgIpc) is 3.71. The summed E-state index contributed by atoms with van der Waals surface area (Å²) >= 11 is 0. The second-order valence-electron chi connectivity index (χ2n) is 11.0. The number of amides is 4. The van der Waals surface area contributed by atoms with Crippen LogP contribution < -0.4 is 10.1 Å². The predicted molar refractivity (Wildman–Crippen MR) is 152 cm³/mol. The maximum absolute atomic E-state index is 13.7. The Hall–Kier alpha value is -4.54. The van der Waals surface area contributed by atoms with Crippen LogP contribution in [0.25, 0.3) is 11.0 Å². The van der Waals surface area contributed by atoms with Gasteiger partial charge in [0.1, 0.15) is 36.9 Å². The highest BCUT2D eigenvalue weighted by molar-refractivity contribution is 6.05. The zero-order valence-electron chi connectivity index (χ0n) is 23.5. The van der Waals surface area contributed by atoms with Crippen molar-refractivity contribution in [1.82, 2.24) is 20.0 Å². The SMILES string of the molecule is Cc1cc2cccc(C(=O)N3C[C@@H]4C(=O)NCCCN(C(=O)CN5CCOC5=O)CCOc5cccc(c5)[C@H]4C3)c2o1. The van der Waals surface area contributed by atoms with Crippen molar-refractivity contribution in [2.24, 2.45) is 5.92 Å². The van der Waals surface area contributed by atoms with E-state index in [0.29, 0.717) is 56.0 Å². The number of likely N-dealkylation sites (tertiary alicyclic amines) is 1. The van der Waals surface area contributed by atoms with Crippen LogP contribution in [0.5, 0.6) is 5.75 Å². The van der Waals surface area contributed by atoms with Gasteiger partial charge in [0, 0.05) is 37.5 Å². The fourth-order valence-corrected chi connectivity index (χ4v) is 6.02. The molecule has 1 aromatic heterocycles. The lowest BCUT2D eigenvalue weighted by Crippen LogP contribution is -2.44. The number of hydrogen-bond acceptors (Lipinski definition) is 7. The van der Waals surface area contributed by atoms with Gasteiger partial charge in [0.25, 0.3) is 5.91 Å². The molecule has 0 spiro atoms. The molecule has 11 nitrogen and oxygen atoms in total. The van der Waals surface area contributed by atoms with E-state index in [1.54, 1.807) is 15.9 Å². The fourth-order valence-electron chi connectivity index (χ4n) is 6.02. The molecule has 11 heteroatoms. The van der Waals surface area contributed by atoms with Gasteiger partial charge < -0.3 is 29.0 Å². The minimum absolute atomic E-state index is 0.0560. The van der Waals surface area contributed by atoms with E-state index in [0.717, 1.165) is 16.7 Å². The summed E-state index contributed by atoms with van der Waals surface area (Å²) in [6.45, 7) is 4.50. The first-order chi connectivity index (χ1) is 20.4. The average molecular weight is 575 g/mol. The molecule has 0 saturated carbocycles. The Morgan fingerprint density at radius 2 is 1.74 bits per heavy atom. The summed E-state index contributed by atoms with van der Waals surface area (Å²) in [5.41, 5.74) is 1.95. The first-order valence-electron chi connectivity index (χ1n) is 14.4. The van der Waals surface area contributed by atoms with Crippen molar-refractivity contribution in [2.45, 2.75) is 19.3 Å². The predicted octanol–water partition coefficient (Wildman–Crippen LogP) is 2.78. The number of para-hydroxylation sites is 1. The van der Waals surface area contributed by atoms with Crippen molar-refractivity contribution in [3.63, 3.8) is 0 Å². The summed E-state index contributed by atoms with van der Waals surface area (Å²) in [6.07, 6.45) is 0.0490. The minimum atomic E-state index is -0.486. The highest BCUT2D eigenvalue weighted by Crippen LogP contribution is 2.36. The molecule has 2 atom stereocenters. The zero-order chi connectivity index (χ0) is 29.2. The van der Waals surface area contributed by atoms with Crippen molar-refractivity contribution < 1.29 is 33.1 Å². The lowest BCUT2D eigenvalue weighted by molar-refractivity contribution is -0.132. The number of furan rings is 1. The van der Waals surface area contributed by atoms with E-state index < -0.39 is 12.0 Å². The van der Waals surface area contributed by atoms with Gasteiger partial charge in [-0.3, -0.25) is 19.3 Å². The highest BCUT2D eigenvalue weighted by atomic mass is 16.6. The number of nitrogens with one attached hydrogen (secondary N) is 1. The van der Waals surface area contributed by atoms with E-state index in [-0.39, 0.29) is 49.9 Å². The Kier molecular flexibility index (Phi) is 7.73. The topological polar surface area (TPSA) is 122 Å². The number of cyclic esters (lactones) is 1. The number of nitrogens with zero attached hydrogens (tertiary/aromatic N) is 3. The molecule has 3 aliphatic rings. The zero-order valence-corrected chi connectivity index (χ0v) is 23.5. The lowest BCUT2D eigenvalue weighted by atomic mass is 9.88. The standard InChI is InChI=1S/C31H34N4O7/c1-20-15-22-6-3-8-24(28(22)42-20)30(38)35-17-25-21-5-2-7-23(16-21)40-13-11-33(10-4-9-32-29(37)26(25)18-35)27(36)19-34-12-14-41-31(34)39/h2-3,5-8,15-16,25-26H,4,9-14,17-19H2,1H3,(H,32,37)/t25-,26+/m1/s1. The van der Waals surface area contributed by atoms with Crippen LogP contribution in [0.4, 0.5) is 4.79 Å². The van der Waals surface area contributed by atoms with Gasteiger partial charge in [-0.15, -0.1) is 0 Å². The van der Waals surface area contributed by atoms with Crippen LogP contribution in [0.15, 0.2) is 52.9 Å². The van der Waals surface area contributed by atoms with Crippen LogP contribution in [-0.4, -0.2) is 97.5 Å². The molecular weight excluding hydrogens is 540 g/mol. The summed E-state index contributed by atoms with van der Waals surface area (Å²) in [7, 11) is 0. The monoisotopic (exact) mass is 574 g/mol. The molecule has 4 heterocycles. The molecule has 2 fully saturated rings. The third kappa shape index (κ3) is 5.63. The lowest BCUT2D eigenvalue weighted by Gasteiger charge is -2.26. The summed E-state index contributed by atoms with van der Waals surface area (Å²) < 4.78 is 16.8. The molecule has 1 N–H and O–H groups in total. The molecule has 2 aromatic carbocycles. The van der Waals surface area contributed by atoms with Crippen LogP contribution in [0.2, 0.25) is 0 Å². The molecule has 2 bridgehead atoms. The van der Waals surface area contributed by atoms with Crippen LogP contribution in [0, 0.1) is 12.8 Å². The molecule has 42 heavy (non-hydrogen) atoms. The second kappa shape index (κ2) is 11.8. The molecule has 2 saturated heterocycles. The van der Waals surface area contributed by atoms with Gasteiger partial charge in [-0.1, -0.05) is 24.3 Å². The van der Waals surface area contributed by atoms with Crippen molar-refractivity contribution in [2.75, 3.05) is 59.0 Å². The Labute approximate surface area is 243 Å². The van der Waals surface area contributed by atoms with Gasteiger partial charge in [0.15, 0.2) is 0 Å². The largest absolute Gasteiger partial charge is 0.492 e. The van der Waals surface area contributed by atoms with Crippen molar-refractivity contribution in [3.8, 4) is 5.75 Å². The summed E-state index contributed by atoms with van der Waals surface area (Å²) in [6, 6.07) is 15.0. The number of fused-ring (bicyclic) bond motifs is 5. The normalized spacial score (nSPS) is 21.4. The third-order valence-electron chi connectivity index (χ3n) is 8.19. The van der Waals surface area contributed by atoms with Crippen LogP contribution in [0.3, 0.4) is 0 Å². The Bertz CT molecular complexity index is 1520. The second-order valence-corrected chi connectivity index (χ2v) is 11.0. The number of carbonyl (C=O) groups is 4. The molecule has 6 rings (SSSR count). The number of hydrogen-bond donors (Lipinski definition) is 1. The van der Waals surface area contributed by atoms with Crippen LogP contribution in [-0.2, 0) is 14.3 Å². The molecule has 3 aliphatic heterocycles. The summed E-state index contributed by atoms with van der Waals surface area (Å²) in [5, 5.41) is 3.91. The van der Waals surface area contributed by atoms with Gasteiger partial charge in [-0.2, -0.15) is 0 Å².